The smallest absolute Gasteiger partial charge is 0.137 e. The molecule has 25 heavy (non-hydrogen) atoms. The first-order valence-electron chi connectivity index (χ1n) is 8.42. The molecule has 0 spiro atoms. The molecule has 6 nitrogen and oxygen atoms in total. The lowest BCUT2D eigenvalue weighted by Crippen LogP contribution is -2.47. The van der Waals surface area contributed by atoms with Gasteiger partial charge < -0.3 is 9.47 Å². The minimum Gasteiger partial charge on any atom is -0.379 e. The topological polar surface area (TPSA) is 42.2 Å². The number of aryl methyl sites for hydroxylation is 1. The average Bonchev–Trinajstić information content (AvgIpc) is 2.99. The fraction of sp³-hybridized carbons (Fsp3) is 0.562. The Kier molecular flexibility index (Phi) is 6.16. The first kappa shape index (κ1) is 19.2. The van der Waals surface area contributed by atoms with E-state index in [-0.39, 0.29) is 12.4 Å². The van der Waals surface area contributed by atoms with Crippen molar-refractivity contribution in [2.45, 2.75) is 6.92 Å². The van der Waals surface area contributed by atoms with Gasteiger partial charge in [0, 0.05) is 32.4 Å². The van der Waals surface area contributed by atoms with Gasteiger partial charge in [-0.25, -0.2) is 4.98 Å². The maximum Gasteiger partial charge on any atom is 0.137 e. The van der Waals surface area contributed by atoms with Crippen LogP contribution in [0.4, 0.5) is 0 Å². The van der Waals surface area contributed by atoms with Crippen LogP contribution >= 0.6 is 18.7 Å². The molecule has 4 rings (SSSR count). The van der Waals surface area contributed by atoms with Crippen molar-refractivity contribution in [2.24, 2.45) is 0 Å². The Balaban J connectivity index is 0.00000182. The highest BCUT2D eigenvalue weighted by Crippen LogP contribution is 2.53. The van der Waals surface area contributed by atoms with E-state index in [1.54, 1.807) is 0 Å². The number of morpholine rings is 2. The molecule has 0 N–H and O–H groups in total. The van der Waals surface area contributed by atoms with Crippen LogP contribution in [0.15, 0.2) is 24.4 Å². The largest absolute Gasteiger partial charge is 0.379 e. The van der Waals surface area contributed by atoms with E-state index in [1.165, 1.54) is 5.44 Å². The first-order chi connectivity index (χ1) is 11.7. The summed E-state index contributed by atoms with van der Waals surface area (Å²) in [4.78, 5) is 4.78. The van der Waals surface area contributed by atoms with Crippen molar-refractivity contribution in [3.8, 4) is 0 Å². The number of hydrogen-bond acceptors (Lipinski definition) is 4. The normalized spacial score (nSPS) is 20.5. The maximum absolute atomic E-state index is 6.47. The Bertz CT molecular complexity index is 753. The summed E-state index contributed by atoms with van der Waals surface area (Å²) < 4.78 is 18.3. The van der Waals surface area contributed by atoms with Crippen LogP contribution in [-0.4, -0.2) is 71.3 Å². The summed E-state index contributed by atoms with van der Waals surface area (Å²) in [5.41, 5.74) is 3.21. The average molecular weight is 403 g/mol. The second kappa shape index (κ2) is 8.01. The molecule has 2 aromatic heterocycles. The van der Waals surface area contributed by atoms with Gasteiger partial charge in [-0.15, -0.1) is 12.4 Å². The lowest BCUT2D eigenvalue weighted by molar-refractivity contribution is 0.0588. The van der Waals surface area contributed by atoms with Crippen molar-refractivity contribution in [3.05, 3.63) is 30.1 Å². The van der Waals surface area contributed by atoms with Crippen molar-refractivity contribution in [1.82, 2.24) is 18.7 Å². The van der Waals surface area contributed by atoms with Gasteiger partial charge in [0.15, 0.2) is 0 Å². The summed E-state index contributed by atoms with van der Waals surface area (Å²) in [6, 6.07) is 6.13. The highest BCUT2D eigenvalue weighted by molar-refractivity contribution is 8.15. The van der Waals surface area contributed by atoms with Gasteiger partial charge in [-0.1, -0.05) is 17.9 Å². The van der Waals surface area contributed by atoms with E-state index < -0.39 is 6.34 Å². The van der Waals surface area contributed by atoms with E-state index in [9.17, 15) is 0 Å². The van der Waals surface area contributed by atoms with Crippen molar-refractivity contribution in [3.63, 3.8) is 0 Å². The molecule has 0 unspecified atom stereocenters. The van der Waals surface area contributed by atoms with Crippen molar-refractivity contribution >= 4 is 41.6 Å². The SMILES string of the molecule is Cc1nc2ccccn2c1P(=S)(N1CCOCC1)N1CCOCC1.Cl. The molecule has 2 saturated heterocycles. The summed E-state index contributed by atoms with van der Waals surface area (Å²) in [7, 11) is 0. The van der Waals surface area contributed by atoms with Crippen LogP contribution in [0, 0.1) is 6.92 Å². The standard InChI is InChI=1S/C16H23N4O2PS.ClH/c1-14-16(20-5-3-2-4-15(20)17-14)23(24,18-6-10-21-11-7-18)19-8-12-22-13-9-19;/h2-5H,6-13H2,1H3;1H. The maximum atomic E-state index is 6.47. The van der Waals surface area contributed by atoms with Crippen LogP contribution in [0.25, 0.3) is 5.65 Å². The number of nitrogens with zero attached hydrogens (tertiary/aromatic N) is 4. The summed E-state index contributed by atoms with van der Waals surface area (Å²) in [5, 5.41) is 0. The number of imidazole rings is 1. The molecule has 0 saturated carbocycles. The zero-order valence-corrected chi connectivity index (χ0v) is 16.9. The van der Waals surface area contributed by atoms with Crippen LogP contribution in [-0.2, 0) is 21.3 Å². The second-order valence-corrected chi connectivity index (χ2v) is 10.3. The minimum absolute atomic E-state index is 0. The van der Waals surface area contributed by atoms with Crippen LogP contribution < -0.4 is 5.44 Å². The van der Waals surface area contributed by atoms with Crippen LogP contribution in [0.3, 0.4) is 0 Å². The van der Waals surface area contributed by atoms with Gasteiger partial charge in [0.25, 0.3) is 0 Å². The lowest BCUT2D eigenvalue weighted by Gasteiger charge is -2.45. The molecule has 2 aliphatic rings. The summed E-state index contributed by atoms with van der Waals surface area (Å²) in [6.45, 7) is 8.61. The third-order valence-corrected chi connectivity index (χ3v) is 10.0. The Morgan fingerprint density at radius 2 is 1.56 bits per heavy atom. The number of aromatic nitrogens is 2. The Morgan fingerprint density at radius 1 is 1.00 bits per heavy atom. The minimum atomic E-state index is -2.12. The number of fused-ring (bicyclic) bond motifs is 1. The molecule has 2 aliphatic heterocycles. The molecule has 2 aromatic rings. The van der Waals surface area contributed by atoms with Crippen LogP contribution in [0.5, 0.6) is 0 Å². The van der Waals surface area contributed by atoms with E-state index in [2.05, 4.69) is 39.0 Å². The summed E-state index contributed by atoms with van der Waals surface area (Å²) in [6.07, 6.45) is -0.0275. The molecule has 0 amide bonds. The second-order valence-electron chi connectivity index (χ2n) is 6.13. The van der Waals surface area contributed by atoms with E-state index in [4.69, 9.17) is 26.3 Å². The fourth-order valence-corrected chi connectivity index (χ4v) is 8.41. The third kappa shape index (κ3) is 3.39. The van der Waals surface area contributed by atoms with Crippen LogP contribution in [0.1, 0.15) is 5.69 Å². The van der Waals surface area contributed by atoms with Gasteiger partial charge in [-0.2, -0.15) is 0 Å². The Morgan fingerprint density at radius 3 is 2.12 bits per heavy atom. The molecule has 0 bridgehead atoms. The van der Waals surface area contributed by atoms with E-state index in [0.29, 0.717) is 0 Å². The molecule has 0 aliphatic carbocycles. The Hall–Kier alpha value is -0.530. The Labute approximate surface area is 159 Å². The van der Waals surface area contributed by atoms with Crippen molar-refractivity contribution in [1.29, 1.82) is 0 Å². The predicted molar refractivity (Wildman–Crippen MR) is 106 cm³/mol. The van der Waals surface area contributed by atoms with Crippen molar-refractivity contribution in [2.75, 3.05) is 52.6 Å². The molecule has 0 aromatic carbocycles. The van der Waals surface area contributed by atoms with Crippen molar-refractivity contribution < 1.29 is 9.47 Å². The predicted octanol–water partition coefficient (Wildman–Crippen LogP) is 1.66. The first-order valence-corrected chi connectivity index (χ1v) is 11.1. The monoisotopic (exact) mass is 402 g/mol. The molecule has 4 heterocycles. The van der Waals surface area contributed by atoms with Gasteiger partial charge in [-0.3, -0.25) is 13.7 Å². The van der Waals surface area contributed by atoms with Crippen LogP contribution in [0.2, 0.25) is 0 Å². The molecular weight excluding hydrogens is 379 g/mol. The van der Waals surface area contributed by atoms with E-state index in [0.717, 1.165) is 63.9 Å². The molecule has 0 atom stereocenters. The summed E-state index contributed by atoms with van der Waals surface area (Å²) >= 11 is 6.47. The highest BCUT2D eigenvalue weighted by Gasteiger charge is 2.39. The lowest BCUT2D eigenvalue weighted by atomic mass is 10.5. The van der Waals surface area contributed by atoms with E-state index in [1.807, 2.05) is 6.07 Å². The highest BCUT2D eigenvalue weighted by atomic mass is 35.5. The quantitative estimate of drug-likeness (QED) is 0.727. The zero-order chi connectivity index (χ0) is 16.6. The fourth-order valence-electron chi connectivity index (χ4n) is 3.55. The van der Waals surface area contributed by atoms with Gasteiger partial charge in [0.2, 0.25) is 0 Å². The number of hydrogen-bond donors (Lipinski definition) is 0. The molecular formula is C16H24ClN4O2PS. The number of pyridine rings is 1. The molecule has 138 valence electrons. The molecule has 9 heteroatoms. The molecule has 0 radical (unpaired) electrons. The van der Waals surface area contributed by atoms with Gasteiger partial charge in [0.1, 0.15) is 17.4 Å². The van der Waals surface area contributed by atoms with Gasteiger partial charge in [-0.05, 0) is 19.1 Å². The number of rotatable bonds is 3. The number of halogens is 1. The summed E-state index contributed by atoms with van der Waals surface area (Å²) in [5.74, 6) is 0. The number of ether oxygens (including phenoxy) is 2. The van der Waals surface area contributed by atoms with Gasteiger partial charge in [0.05, 0.1) is 32.1 Å². The molecule has 2 fully saturated rings. The zero-order valence-electron chi connectivity index (χ0n) is 14.3. The van der Waals surface area contributed by atoms with Gasteiger partial charge >= 0.3 is 0 Å². The third-order valence-electron chi connectivity index (χ3n) is 4.69. The van der Waals surface area contributed by atoms with E-state index >= 15 is 0 Å².